The number of carbonyl (C=O) groups is 1. The van der Waals surface area contributed by atoms with E-state index in [0.717, 1.165) is 0 Å². The van der Waals surface area contributed by atoms with E-state index in [0.29, 0.717) is 25.2 Å². The number of carbonyl (C=O) groups excluding carboxylic acids is 1. The van der Waals surface area contributed by atoms with E-state index in [9.17, 15) is 4.79 Å². The zero-order valence-electron chi connectivity index (χ0n) is 11.2. The Morgan fingerprint density at radius 3 is 2.39 bits per heavy atom. The molecule has 2 aliphatic rings. The largest absolute Gasteiger partial charge is 0.378 e. The van der Waals surface area contributed by atoms with Crippen LogP contribution in [0.2, 0.25) is 0 Å². The standard InChI is InChI=1S/C14H26N2O2/c15-14(17)13(16-11-7-8-11)9-10-18-12-5-3-1-2-4-6-12/h11-13,16H,1-10H2,(H2,15,17). The molecule has 4 heteroatoms. The molecule has 2 saturated carbocycles. The molecule has 4 nitrogen and oxygen atoms in total. The molecule has 0 aromatic heterocycles. The number of nitrogens with one attached hydrogen (secondary N) is 1. The summed E-state index contributed by atoms with van der Waals surface area (Å²) < 4.78 is 5.90. The van der Waals surface area contributed by atoms with Crippen molar-refractivity contribution >= 4 is 5.91 Å². The fraction of sp³-hybridized carbons (Fsp3) is 0.929. The fourth-order valence-electron chi connectivity index (χ4n) is 2.60. The van der Waals surface area contributed by atoms with Crippen LogP contribution >= 0.6 is 0 Å². The number of amides is 1. The maximum atomic E-state index is 11.3. The van der Waals surface area contributed by atoms with Crippen molar-refractivity contribution in [3.63, 3.8) is 0 Å². The van der Waals surface area contributed by atoms with Gasteiger partial charge >= 0.3 is 0 Å². The number of hydrogen-bond acceptors (Lipinski definition) is 3. The third-order valence-electron chi connectivity index (χ3n) is 3.92. The number of ether oxygens (including phenoxy) is 1. The van der Waals surface area contributed by atoms with Crippen LogP contribution in [0.4, 0.5) is 0 Å². The quantitative estimate of drug-likeness (QED) is 0.680. The topological polar surface area (TPSA) is 64.4 Å². The lowest BCUT2D eigenvalue weighted by Crippen LogP contribution is -2.43. The monoisotopic (exact) mass is 254 g/mol. The van der Waals surface area contributed by atoms with Crippen LogP contribution in [0.5, 0.6) is 0 Å². The number of nitrogens with two attached hydrogens (primary N) is 1. The lowest BCUT2D eigenvalue weighted by molar-refractivity contribution is -0.120. The van der Waals surface area contributed by atoms with Gasteiger partial charge in [-0.25, -0.2) is 0 Å². The molecule has 0 heterocycles. The molecule has 0 spiro atoms. The van der Waals surface area contributed by atoms with Gasteiger partial charge in [-0.15, -0.1) is 0 Å². The lowest BCUT2D eigenvalue weighted by Gasteiger charge is -2.18. The molecule has 18 heavy (non-hydrogen) atoms. The molecular weight excluding hydrogens is 228 g/mol. The zero-order chi connectivity index (χ0) is 12.8. The normalized spacial score (nSPS) is 23.6. The number of hydrogen-bond donors (Lipinski definition) is 2. The van der Waals surface area contributed by atoms with Gasteiger partial charge in [0.05, 0.1) is 12.1 Å². The molecule has 104 valence electrons. The predicted octanol–water partition coefficient (Wildman–Crippen LogP) is 1.72. The van der Waals surface area contributed by atoms with Gasteiger partial charge in [0.15, 0.2) is 0 Å². The first-order valence-electron chi connectivity index (χ1n) is 7.42. The second-order valence-electron chi connectivity index (χ2n) is 5.67. The van der Waals surface area contributed by atoms with Gasteiger partial charge in [-0.2, -0.15) is 0 Å². The lowest BCUT2D eigenvalue weighted by atomic mass is 10.1. The van der Waals surface area contributed by atoms with Crippen LogP contribution in [-0.4, -0.2) is 30.7 Å². The second kappa shape index (κ2) is 7.10. The molecule has 1 atom stereocenters. The highest BCUT2D eigenvalue weighted by molar-refractivity contribution is 5.79. The zero-order valence-corrected chi connectivity index (χ0v) is 11.2. The van der Waals surface area contributed by atoms with Gasteiger partial charge in [-0.3, -0.25) is 4.79 Å². The number of primary amides is 1. The van der Waals surface area contributed by atoms with Crippen LogP contribution in [0.25, 0.3) is 0 Å². The second-order valence-corrected chi connectivity index (χ2v) is 5.67. The Bertz CT molecular complexity index is 259. The van der Waals surface area contributed by atoms with E-state index in [2.05, 4.69) is 5.32 Å². The summed E-state index contributed by atoms with van der Waals surface area (Å²) in [6.45, 7) is 0.651. The van der Waals surface area contributed by atoms with E-state index in [4.69, 9.17) is 10.5 Å². The Kier molecular flexibility index (Phi) is 5.45. The van der Waals surface area contributed by atoms with Gasteiger partial charge < -0.3 is 15.8 Å². The van der Waals surface area contributed by atoms with Gasteiger partial charge in [-0.05, 0) is 32.1 Å². The molecule has 2 aliphatic carbocycles. The Morgan fingerprint density at radius 2 is 1.83 bits per heavy atom. The summed E-state index contributed by atoms with van der Waals surface area (Å²) in [6.07, 6.45) is 11.1. The Labute approximate surface area is 110 Å². The molecule has 3 N–H and O–H groups in total. The molecule has 0 aliphatic heterocycles. The van der Waals surface area contributed by atoms with Gasteiger partial charge in [0.1, 0.15) is 0 Å². The van der Waals surface area contributed by atoms with E-state index in [1.165, 1.54) is 51.4 Å². The first-order valence-corrected chi connectivity index (χ1v) is 7.42. The molecule has 2 fully saturated rings. The molecule has 0 aromatic rings. The first-order chi connectivity index (χ1) is 8.75. The van der Waals surface area contributed by atoms with Crippen LogP contribution in [0.15, 0.2) is 0 Å². The smallest absolute Gasteiger partial charge is 0.234 e. The molecule has 0 radical (unpaired) electrons. The summed E-state index contributed by atoms with van der Waals surface area (Å²) in [5, 5.41) is 3.29. The minimum Gasteiger partial charge on any atom is -0.378 e. The first kappa shape index (κ1) is 13.8. The maximum Gasteiger partial charge on any atom is 0.234 e. The molecule has 1 amide bonds. The van der Waals surface area contributed by atoms with Crippen molar-refractivity contribution in [3.8, 4) is 0 Å². The summed E-state index contributed by atoms with van der Waals surface area (Å²) in [5.41, 5.74) is 5.40. The molecule has 0 aromatic carbocycles. The Morgan fingerprint density at radius 1 is 1.17 bits per heavy atom. The van der Waals surface area contributed by atoms with E-state index in [-0.39, 0.29) is 11.9 Å². The summed E-state index contributed by atoms with van der Waals surface area (Å²) in [6, 6.07) is 0.309. The van der Waals surface area contributed by atoms with E-state index in [1.807, 2.05) is 0 Å². The molecule has 1 unspecified atom stereocenters. The average Bonchev–Trinajstić information content (AvgIpc) is 3.14. The van der Waals surface area contributed by atoms with Gasteiger partial charge in [-0.1, -0.05) is 25.7 Å². The fourth-order valence-corrected chi connectivity index (χ4v) is 2.60. The van der Waals surface area contributed by atoms with Crippen molar-refractivity contribution in [1.29, 1.82) is 0 Å². The summed E-state index contributed by atoms with van der Waals surface area (Å²) in [5.74, 6) is -0.244. The van der Waals surface area contributed by atoms with Crippen LogP contribution in [0.3, 0.4) is 0 Å². The van der Waals surface area contributed by atoms with E-state index < -0.39 is 0 Å². The van der Waals surface area contributed by atoms with Crippen LogP contribution in [-0.2, 0) is 9.53 Å². The third-order valence-corrected chi connectivity index (χ3v) is 3.92. The van der Waals surface area contributed by atoms with Crippen molar-refractivity contribution in [3.05, 3.63) is 0 Å². The van der Waals surface area contributed by atoms with Crippen LogP contribution in [0, 0.1) is 0 Å². The SMILES string of the molecule is NC(=O)C(CCOC1CCCCCC1)NC1CC1. The number of rotatable bonds is 7. The van der Waals surface area contributed by atoms with Gasteiger partial charge in [0, 0.05) is 12.6 Å². The van der Waals surface area contributed by atoms with E-state index in [1.54, 1.807) is 0 Å². The predicted molar refractivity (Wildman–Crippen MR) is 71.2 cm³/mol. The van der Waals surface area contributed by atoms with Crippen molar-refractivity contribution in [1.82, 2.24) is 5.32 Å². The molecule has 0 saturated heterocycles. The van der Waals surface area contributed by atoms with E-state index >= 15 is 0 Å². The van der Waals surface area contributed by atoms with Crippen molar-refractivity contribution < 1.29 is 9.53 Å². The average molecular weight is 254 g/mol. The summed E-state index contributed by atoms with van der Waals surface area (Å²) in [4.78, 5) is 11.3. The minimum atomic E-state index is -0.244. The molecule has 2 rings (SSSR count). The van der Waals surface area contributed by atoms with Crippen LogP contribution < -0.4 is 11.1 Å². The highest BCUT2D eigenvalue weighted by Gasteiger charge is 2.27. The van der Waals surface area contributed by atoms with Gasteiger partial charge in [0.25, 0.3) is 0 Å². The van der Waals surface area contributed by atoms with Crippen molar-refractivity contribution in [2.75, 3.05) is 6.61 Å². The van der Waals surface area contributed by atoms with Crippen LogP contribution in [0.1, 0.15) is 57.8 Å². The summed E-state index contributed by atoms with van der Waals surface area (Å²) >= 11 is 0. The molecule has 0 bridgehead atoms. The highest BCUT2D eigenvalue weighted by Crippen LogP contribution is 2.21. The molecular formula is C14H26N2O2. The third kappa shape index (κ3) is 4.94. The van der Waals surface area contributed by atoms with Crippen molar-refractivity contribution in [2.45, 2.75) is 76.0 Å². The Balaban J connectivity index is 1.63. The van der Waals surface area contributed by atoms with Crippen molar-refractivity contribution in [2.24, 2.45) is 5.73 Å². The maximum absolute atomic E-state index is 11.3. The van der Waals surface area contributed by atoms with Gasteiger partial charge in [0.2, 0.25) is 5.91 Å². The Hall–Kier alpha value is -0.610. The highest BCUT2D eigenvalue weighted by atomic mass is 16.5. The summed E-state index contributed by atoms with van der Waals surface area (Å²) in [7, 11) is 0. The minimum absolute atomic E-state index is 0.205.